The number of carbonyl (C=O) groups is 3. The van der Waals surface area contributed by atoms with E-state index in [0.717, 1.165) is 5.56 Å². The maximum atomic E-state index is 11.1. The van der Waals surface area contributed by atoms with Gasteiger partial charge in [-0.1, -0.05) is 6.07 Å². The summed E-state index contributed by atoms with van der Waals surface area (Å²) in [4.78, 5) is 33.1. The van der Waals surface area contributed by atoms with E-state index in [9.17, 15) is 14.4 Å². The van der Waals surface area contributed by atoms with Crippen LogP contribution in [-0.2, 0) is 23.9 Å². The third kappa shape index (κ3) is 6.37. The molecule has 1 rings (SSSR count). The lowest BCUT2D eigenvalue weighted by Gasteiger charge is -2.18. The highest BCUT2D eigenvalue weighted by molar-refractivity contribution is 5.70. The molecule has 0 aliphatic rings. The van der Waals surface area contributed by atoms with E-state index in [1.165, 1.54) is 27.9 Å². The smallest absolute Gasteiger partial charge is 0.308 e. The van der Waals surface area contributed by atoms with E-state index in [-0.39, 0.29) is 24.9 Å². The van der Waals surface area contributed by atoms with Gasteiger partial charge in [0.15, 0.2) is 11.5 Å². The molecule has 7 nitrogen and oxygen atoms in total. The molecular formula is C16H20O7. The molecule has 0 atom stereocenters. The van der Waals surface area contributed by atoms with Crippen LogP contribution >= 0.6 is 0 Å². The lowest BCUT2D eigenvalue weighted by atomic mass is 10.0. The molecule has 0 amide bonds. The number of esters is 3. The minimum Gasteiger partial charge on any atom is -0.493 e. The lowest BCUT2D eigenvalue weighted by molar-refractivity contribution is -0.144. The summed E-state index contributed by atoms with van der Waals surface area (Å²) in [6.45, 7) is 4.00. The summed E-state index contributed by atoms with van der Waals surface area (Å²) in [5.41, 5.74) is 0.722. The van der Waals surface area contributed by atoms with Crippen LogP contribution in [0.3, 0.4) is 0 Å². The Labute approximate surface area is 134 Å². The minimum absolute atomic E-state index is 0.0542. The van der Waals surface area contributed by atoms with Crippen molar-refractivity contribution in [2.45, 2.75) is 26.7 Å². The molecule has 0 radical (unpaired) electrons. The molecule has 0 aliphatic heterocycles. The molecule has 7 heteroatoms. The number of carbonyl (C=O) groups excluding carboxylic acids is 3. The fourth-order valence-electron chi connectivity index (χ4n) is 1.85. The Kier molecular flexibility index (Phi) is 7.05. The fraction of sp³-hybridized carbons (Fsp3) is 0.438. The third-order valence-corrected chi connectivity index (χ3v) is 2.89. The van der Waals surface area contributed by atoms with Crippen LogP contribution in [0.5, 0.6) is 11.5 Å². The van der Waals surface area contributed by atoms with Crippen molar-refractivity contribution in [2.24, 2.45) is 0 Å². The normalized spacial score (nSPS) is 10.1. The topological polar surface area (TPSA) is 88.1 Å². The molecule has 0 fully saturated rings. The predicted octanol–water partition coefficient (Wildman–Crippen LogP) is 1.83. The van der Waals surface area contributed by atoms with Crippen LogP contribution in [0.4, 0.5) is 0 Å². The number of hydrogen-bond acceptors (Lipinski definition) is 7. The third-order valence-electron chi connectivity index (χ3n) is 2.89. The second-order valence-electron chi connectivity index (χ2n) is 4.81. The second kappa shape index (κ2) is 8.77. The van der Waals surface area contributed by atoms with Gasteiger partial charge in [0.2, 0.25) is 0 Å². The number of methoxy groups -OCH3 is 1. The number of benzene rings is 1. The van der Waals surface area contributed by atoms with Crippen molar-refractivity contribution in [1.29, 1.82) is 0 Å². The van der Waals surface area contributed by atoms with Crippen LogP contribution < -0.4 is 9.47 Å². The Morgan fingerprint density at radius 2 is 1.48 bits per heavy atom. The Morgan fingerprint density at radius 3 is 1.91 bits per heavy atom. The zero-order valence-corrected chi connectivity index (χ0v) is 13.6. The van der Waals surface area contributed by atoms with Crippen molar-refractivity contribution in [1.82, 2.24) is 0 Å². The van der Waals surface area contributed by atoms with Crippen LogP contribution in [-0.4, -0.2) is 38.2 Å². The number of rotatable bonds is 7. The fourth-order valence-corrected chi connectivity index (χ4v) is 1.85. The summed E-state index contributed by atoms with van der Waals surface area (Å²) in [5, 5.41) is 0. The highest BCUT2D eigenvalue weighted by Gasteiger charge is 2.18. The van der Waals surface area contributed by atoms with Crippen LogP contribution in [0.1, 0.15) is 32.3 Å². The first kappa shape index (κ1) is 18.5. The van der Waals surface area contributed by atoms with Crippen molar-refractivity contribution in [3.05, 3.63) is 23.8 Å². The first-order chi connectivity index (χ1) is 10.8. The molecule has 0 spiro atoms. The lowest BCUT2D eigenvalue weighted by Crippen LogP contribution is -2.18. The molecule has 0 N–H and O–H groups in total. The zero-order chi connectivity index (χ0) is 17.4. The summed E-state index contributed by atoms with van der Waals surface area (Å²) in [7, 11) is 1.44. The van der Waals surface area contributed by atoms with E-state index in [1.54, 1.807) is 18.2 Å². The van der Waals surface area contributed by atoms with Gasteiger partial charge in [0.1, 0.15) is 13.2 Å². The van der Waals surface area contributed by atoms with Gasteiger partial charge in [-0.3, -0.25) is 14.4 Å². The molecule has 1 aromatic carbocycles. The Bertz CT molecular complexity index is 562. The average Bonchev–Trinajstić information content (AvgIpc) is 2.47. The molecule has 0 bridgehead atoms. The number of ether oxygens (including phenoxy) is 4. The second-order valence-corrected chi connectivity index (χ2v) is 4.81. The highest BCUT2D eigenvalue weighted by Crippen LogP contribution is 2.31. The van der Waals surface area contributed by atoms with E-state index in [4.69, 9.17) is 18.9 Å². The van der Waals surface area contributed by atoms with Gasteiger partial charge < -0.3 is 18.9 Å². The molecule has 126 valence electrons. The molecule has 0 heterocycles. The van der Waals surface area contributed by atoms with Crippen molar-refractivity contribution in [2.75, 3.05) is 20.3 Å². The summed E-state index contributed by atoms with van der Waals surface area (Å²) >= 11 is 0. The Morgan fingerprint density at radius 1 is 0.913 bits per heavy atom. The van der Waals surface area contributed by atoms with Crippen LogP contribution in [0, 0.1) is 0 Å². The van der Waals surface area contributed by atoms with E-state index >= 15 is 0 Å². The molecule has 0 unspecified atom stereocenters. The predicted molar refractivity (Wildman–Crippen MR) is 80.3 cm³/mol. The van der Waals surface area contributed by atoms with Crippen molar-refractivity contribution in [3.63, 3.8) is 0 Å². The Hall–Kier alpha value is -2.57. The molecule has 23 heavy (non-hydrogen) atoms. The van der Waals surface area contributed by atoms with Gasteiger partial charge in [-0.2, -0.15) is 0 Å². The summed E-state index contributed by atoms with van der Waals surface area (Å²) in [6, 6.07) is 4.92. The average molecular weight is 324 g/mol. The molecule has 0 aromatic heterocycles. The monoisotopic (exact) mass is 324 g/mol. The minimum atomic E-state index is -0.465. The van der Waals surface area contributed by atoms with Gasteiger partial charge in [-0.05, 0) is 17.7 Å². The number of hydrogen-bond donors (Lipinski definition) is 0. The van der Waals surface area contributed by atoms with Gasteiger partial charge in [-0.15, -0.1) is 0 Å². The molecule has 1 aromatic rings. The molecule has 0 aliphatic carbocycles. The molecule has 0 saturated carbocycles. The molecule has 0 saturated heterocycles. The van der Waals surface area contributed by atoms with E-state index in [1.807, 2.05) is 0 Å². The maximum Gasteiger partial charge on any atom is 0.308 e. The Balaban J connectivity index is 3.00. The highest BCUT2D eigenvalue weighted by atomic mass is 16.6. The maximum absolute atomic E-state index is 11.1. The van der Waals surface area contributed by atoms with Gasteiger partial charge >= 0.3 is 17.9 Å². The van der Waals surface area contributed by atoms with Crippen molar-refractivity contribution < 1.29 is 33.3 Å². The largest absolute Gasteiger partial charge is 0.493 e. The summed E-state index contributed by atoms with van der Waals surface area (Å²) in [6.07, 6.45) is 0. The van der Waals surface area contributed by atoms with Gasteiger partial charge in [-0.25, -0.2) is 0 Å². The van der Waals surface area contributed by atoms with Crippen molar-refractivity contribution >= 4 is 17.9 Å². The summed E-state index contributed by atoms with van der Waals surface area (Å²) in [5.74, 6) is -1.05. The van der Waals surface area contributed by atoms with E-state index in [2.05, 4.69) is 0 Å². The quantitative estimate of drug-likeness (QED) is 0.558. The zero-order valence-electron chi connectivity index (χ0n) is 13.6. The standard InChI is InChI=1S/C16H20O7/c1-10(17)21-8-14(9-22-11(2)18)13-5-6-15(23-12(3)19)16(7-13)20-4/h5-7,14H,8-9H2,1-4H3. The van der Waals surface area contributed by atoms with E-state index in [0.29, 0.717) is 5.75 Å². The van der Waals surface area contributed by atoms with Gasteiger partial charge in [0.05, 0.1) is 13.0 Å². The first-order valence-electron chi connectivity index (χ1n) is 6.96. The van der Waals surface area contributed by atoms with E-state index < -0.39 is 17.9 Å². The van der Waals surface area contributed by atoms with Gasteiger partial charge in [0.25, 0.3) is 0 Å². The van der Waals surface area contributed by atoms with Gasteiger partial charge in [0, 0.05) is 20.8 Å². The van der Waals surface area contributed by atoms with Crippen molar-refractivity contribution in [3.8, 4) is 11.5 Å². The molecular weight excluding hydrogens is 304 g/mol. The van der Waals surface area contributed by atoms with Crippen LogP contribution in [0.2, 0.25) is 0 Å². The van der Waals surface area contributed by atoms with Crippen LogP contribution in [0.25, 0.3) is 0 Å². The summed E-state index contributed by atoms with van der Waals surface area (Å²) < 4.78 is 20.2. The first-order valence-corrected chi connectivity index (χ1v) is 6.96. The van der Waals surface area contributed by atoms with Crippen LogP contribution in [0.15, 0.2) is 18.2 Å². The SMILES string of the molecule is COc1cc(C(COC(C)=O)COC(C)=O)ccc1OC(C)=O.